The Morgan fingerprint density at radius 2 is 2.33 bits per heavy atom. The third-order valence-electron chi connectivity index (χ3n) is 1.75. The molecule has 2 nitrogen and oxygen atoms in total. The largest absolute Gasteiger partial charge is 0.345 e. The molecule has 0 bridgehead atoms. The number of fused-ring (bicyclic) bond motifs is 1. The molecule has 0 fully saturated rings. The van der Waals surface area contributed by atoms with Crippen LogP contribution in [-0.4, -0.2) is 9.97 Å². The van der Waals surface area contributed by atoms with Crippen molar-refractivity contribution < 1.29 is 0 Å². The van der Waals surface area contributed by atoms with E-state index >= 15 is 0 Å². The summed E-state index contributed by atoms with van der Waals surface area (Å²) >= 11 is 9.43. The number of imidazole rings is 1. The van der Waals surface area contributed by atoms with Crippen molar-refractivity contribution in [2.24, 2.45) is 0 Å². The molecule has 1 N–H and O–H groups in total. The molecular formula is C8H6BrClN2. The lowest BCUT2D eigenvalue weighted by molar-refractivity contribution is 1.34. The molecule has 0 aliphatic rings. The SMILES string of the molecule is Clc1c(CBr)ccc2[nH]cnc12. The fourth-order valence-electron chi connectivity index (χ4n) is 1.12. The molecule has 1 heterocycles. The van der Waals surface area contributed by atoms with Crippen LogP contribution in [0.25, 0.3) is 11.0 Å². The van der Waals surface area contributed by atoms with Crippen molar-refractivity contribution in [2.75, 3.05) is 0 Å². The van der Waals surface area contributed by atoms with Crippen molar-refractivity contribution in [1.29, 1.82) is 0 Å². The second-order valence-electron chi connectivity index (χ2n) is 2.47. The highest BCUT2D eigenvalue weighted by Gasteiger charge is 2.05. The molecular weight excluding hydrogens is 239 g/mol. The molecule has 0 saturated carbocycles. The number of H-pyrrole nitrogens is 1. The van der Waals surface area contributed by atoms with Crippen molar-refractivity contribution in [1.82, 2.24) is 9.97 Å². The van der Waals surface area contributed by atoms with Crippen molar-refractivity contribution in [3.63, 3.8) is 0 Å². The molecule has 0 radical (unpaired) electrons. The number of hydrogen-bond acceptors (Lipinski definition) is 1. The predicted octanol–water partition coefficient (Wildman–Crippen LogP) is 3.11. The number of alkyl halides is 1. The lowest BCUT2D eigenvalue weighted by Gasteiger charge is -1.98. The quantitative estimate of drug-likeness (QED) is 0.769. The Morgan fingerprint density at radius 1 is 1.50 bits per heavy atom. The zero-order chi connectivity index (χ0) is 8.55. The van der Waals surface area contributed by atoms with Crippen LogP contribution in [-0.2, 0) is 5.33 Å². The van der Waals surface area contributed by atoms with Crippen molar-refractivity contribution in [3.05, 3.63) is 29.0 Å². The molecule has 0 spiro atoms. The van der Waals surface area contributed by atoms with E-state index in [0.717, 1.165) is 26.9 Å². The van der Waals surface area contributed by atoms with Gasteiger partial charge in [0.2, 0.25) is 0 Å². The number of hydrogen-bond donors (Lipinski definition) is 1. The molecule has 62 valence electrons. The normalized spacial score (nSPS) is 10.8. The van der Waals surface area contributed by atoms with Gasteiger partial charge in [0.25, 0.3) is 0 Å². The van der Waals surface area contributed by atoms with Crippen LogP contribution in [0.2, 0.25) is 5.02 Å². The van der Waals surface area contributed by atoms with Gasteiger partial charge in [-0.2, -0.15) is 0 Å². The summed E-state index contributed by atoms with van der Waals surface area (Å²) in [6.45, 7) is 0. The van der Waals surface area contributed by atoms with E-state index in [1.165, 1.54) is 0 Å². The van der Waals surface area contributed by atoms with Gasteiger partial charge in [-0.3, -0.25) is 0 Å². The van der Waals surface area contributed by atoms with E-state index in [2.05, 4.69) is 25.9 Å². The minimum Gasteiger partial charge on any atom is -0.345 e. The summed E-state index contributed by atoms with van der Waals surface area (Å²) < 4.78 is 0. The van der Waals surface area contributed by atoms with E-state index in [1.54, 1.807) is 6.33 Å². The van der Waals surface area contributed by atoms with Crippen molar-refractivity contribution in [3.8, 4) is 0 Å². The first kappa shape index (κ1) is 8.08. The summed E-state index contributed by atoms with van der Waals surface area (Å²) in [6, 6.07) is 3.96. The predicted molar refractivity (Wildman–Crippen MR) is 53.7 cm³/mol. The van der Waals surface area contributed by atoms with Crippen molar-refractivity contribution in [2.45, 2.75) is 5.33 Å². The minimum absolute atomic E-state index is 0.727. The van der Waals surface area contributed by atoms with Gasteiger partial charge < -0.3 is 4.98 Å². The van der Waals surface area contributed by atoms with E-state index in [1.807, 2.05) is 12.1 Å². The molecule has 12 heavy (non-hydrogen) atoms. The van der Waals surface area contributed by atoms with Gasteiger partial charge in [0.1, 0.15) is 5.52 Å². The van der Waals surface area contributed by atoms with Crippen LogP contribution in [0.5, 0.6) is 0 Å². The van der Waals surface area contributed by atoms with Crippen LogP contribution in [0.4, 0.5) is 0 Å². The molecule has 0 amide bonds. The molecule has 2 aromatic rings. The Hall–Kier alpha value is -0.540. The molecule has 4 heteroatoms. The zero-order valence-corrected chi connectivity index (χ0v) is 8.48. The molecule has 0 aliphatic carbocycles. The highest BCUT2D eigenvalue weighted by atomic mass is 79.9. The molecule has 1 aromatic carbocycles. The molecule has 0 saturated heterocycles. The fourth-order valence-corrected chi connectivity index (χ4v) is 2.03. The van der Waals surface area contributed by atoms with Gasteiger partial charge in [0, 0.05) is 5.33 Å². The van der Waals surface area contributed by atoms with E-state index < -0.39 is 0 Å². The Morgan fingerprint density at radius 3 is 3.08 bits per heavy atom. The lowest BCUT2D eigenvalue weighted by Crippen LogP contribution is -1.80. The number of rotatable bonds is 1. The van der Waals surface area contributed by atoms with Crippen LogP contribution in [0.1, 0.15) is 5.56 Å². The summed E-state index contributed by atoms with van der Waals surface area (Å²) in [5, 5.41) is 1.49. The maximum absolute atomic E-state index is 6.07. The third kappa shape index (κ3) is 1.13. The molecule has 0 aliphatic heterocycles. The van der Waals surface area contributed by atoms with Crippen LogP contribution in [0.15, 0.2) is 18.5 Å². The molecule has 0 unspecified atom stereocenters. The first-order valence-electron chi connectivity index (χ1n) is 3.49. The number of nitrogens with one attached hydrogen (secondary N) is 1. The summed E-state index contributed by atoms with van der Waals surface area (Å²) in [5.41, 5.74) is 2.88. The molecule has 2 rings (SSSR count). The van der Waals surface area contributed by atoms with Crippen LogP contribution < -0.4 is 0 Å². The average Bonchev–Trinajstić information content (AvgIpc) is 2.53. The standard InChI is InChI=1S/C8H6BrClN2/c9-3-5-1-2-6-8(7(5)10)12-4-11-6/h1-2,4H,3H2,(H,11,12). The average molecular weight is 246 g/mol. The van der Waals surface area contributed by atoms with E-state index in [-0.39, 0.29) is 0 Å². The Bertz CT molecular complexity index is 410. The smallest absolute Gasteiger partial charge is 0.107 e. The minimum atomic E-state index is 0.727. The van der Waals surface area contributed by atoms with Crippen LogP contribution >= 0.6 is 27.5 Å². The van der Waals surface area contributed by atoms with E-state index in [0.29, 0.717) is 0 Å². The highest BCUT2D eigenvalue weighted by molar-refractivity contribution is 9.08. The van der Waals surface area contributed by atoms with Gasteiger partial charge in [-0.1, -0.05) is 33.6 Å². The van der Waals surface area contributed by atoms with Gasteiger partial charge in [-0.05, 0) is 11.6 Å². The topological polar surface area (TPSA) is 28.7 Å². The van der Waals surface area contributed by atoms with Crippen molar-refractivity contribution >= 4 is 38.6 Å². The van der Waals surface area contributed by atoms with Gasteiger partial charge in [-0.15, -0.1) is 0 Å². The zero-order valence-electron chi connectivity index (χ0n) is 6.14. The summed E-state index contributed by atoms with van der Waals surface area (Å²) in [4.78, 5) is 7.12. The molecule has 1 aromatic heterocycles. The summed E-state index contributed by atoms with van der Waals surface area (Å²) in [6.07, 6.45) is 1.65. The Labute approximate surface area is 83.1 Å². The first-order chi connectivity index (χ1) is 5.83. The Balaban J connectivity index is 2.78. The fraction of sp³-hybridized carbons (Fsp3) is 0.125. The first-order valence-corrected chi connectivity index (χ1v) is 4.99. The third-order valence-corrected chi connectivity index (χ3v) is 2.78. The highest BCUT2D eigenvalue weighted by Crippen LogP contribution is 2.25. The van der Waals surface area contributed by atoms with Gasteiger partial charge >= 0.3 is 0 Å². The van der Waals surface area contributed by atoms with Crippen LogP contribution in [0, 0.1) is 0 Å². The van der Waals surface area contributed by atoms with E-state index in [9.17, 15) is 0 Å². The second-order valence-corrected chi connectivity index (χ2v) is 3.41. The summed E-state index contributed by atoms with van der Waals surface area (Å²) in [5.74, 6) is 0. The van der Waals surface area contributed by atoms with Gasteiger partial charge in [0.05, 0.1) is 16.9 Å². The second kappa shape index (κ2) is 3.07. The van der Waals surface area contributed by atoms with Gasteiger partial charge in [-0.25, -0.2) is 4.98 Å². The maximum atomic E-state index is 6.07. The number of aromatic nitrogens is 2. The summed E-state index contributed by atoms with van der Waals surface area (Å²) in [7, 11) is 0. The number of halogens is 2. The lowest BCUT2D eigenvalue weighted by atomic mass is 10.2. The monoisotopic (exact) mass is 244 g/mol. The Kier molecular flexibility index (Phi) is 2.07. The van der Waals surface area contributed by atoms with Gasteiger partial charge in [0.15, 0.2) is 0 Å². The number of benzene rings is 1. The number of nitrogens with zero attached hydrogens (tertiary/aromatic N) is 1. The maximum Gasteiger partial charge on any atom is 0.107 e. The molecule has 0 atom stereocenters. The number of aromatic amines is 1. The van der Waals surface area contributed by atoms with Crippen LogP contribution in [0.3, 0.4) is 0 Å². The van der Waals surface area contributed by atoms with E-state index in [4.69, 9.17) is 11.6 Å².